The topological polar surface area (TPSA) is 34.9 Å². The molecule has 0 saturated heterocycles. The molecule has 0 aromatic carbocycles. The highest BCUT2D eigenvalue weighted by atomic mass is 35.5. The zero-order valence-corrected chi connectivity index (χ0v) is 7.98. The van der Waals surface area contributed by atoms with Crippen molar-refractivity contribution < 1.29 is 0 Å². The van der Waals surface area contributed by atoms with Gasteiger partial charge in [-0.2, -0.15) is 0 Å². The molecule has 70 valence electrons. The highest BCUT2D eigenvalue weighted by molar-refractivity contribution is 6.30. The minimum Gasteiger partial charge on any atom is -0.269 e. The van der Waals surface area contributed by atoms with E-state index < -0.39 is 0 Å². The molecule has 0 N–H and O–H groups in total. The third-order valence-electron chi connectivity index (χ3n) is 1.77. The van der Waals surface area contributed by atoms with E-state index in [-0.39, 0.29) is 5.56 Å². The summed E-state index contributed by atoms with van der Waals surface area (Å²) in [6.45, 7) is 0. The van der Waals surface area contributed by atoms with E-state index in [1.54, 1.807) is 30.6 Å². The Kier molecular flexibility index (Phi) is 2.33. The molecule has 0 fully saturated rings. The van der Waals surface area contributed by atoms with E-state index in [9.17, 15) is 4.79 Å². The van der Waals surface area contributed by atoms with Gasteiger partial charge in [-0.3, -0.25) is 9.36 Å². The Balaban J connectivity index is 2.63. The van der Waals surface area contributed by atoms with Crippen molar-refractivity contribution in [3.8, 4) is 5.82 Å². The van der Waals surface area contributed by atoms with Crippen LogP contribution >= 0.6 is 11.6 Å². The van der Waals surface area contributed by atoms with E-state index >= 15 is 0 Å². The van der Waals surface area contributed by atoms with Crippen LogP contribution in [0.4, 0.5) is 0 Å². The second-order valence-corrected chi connectivity index (χ2v) is 3.18. The molecular formula is C10H7ClN2O. The normalized spacial score (nSPS) is 10.1. The van der Waals surface area contributed by atoms with Gasteiger partial charge in [-0.15, -0.1) is 0 Å². The number of aromatic nitrogens is 2. The minimum atomic E-state index is -0.145. The van der Waals surface area contributed by atoms with Crippen LogP contribution in [0.2, 0.25) is 5.02 Å². The summed E-state index contributed by atoms with van der Waals surface area (Å²) in [5.74, 6) is 0.569. The molecule has 0 atom stereocenters. The Morgan fingerprint density at radius 3 is 2.79 bits per heavy atom. The summed E-state index contributed by atoms with van der Waals surface area (Å²) in [5, 5.41) is 0.509. The van der Waals surface area contributed by atoms with Crippen molar-refractivity contribution in [1.82, 2.24) is 9.55 Å². The van der Waals surface area contributed by atoms with Crippen molar-refractivity contribution in [3.63, 3.8) is 0 Å². The molecule has 0 spiro atoms. The first kappa shape index (κ1) is 8.97. The summed E-state index contributed by atoms with van der Waals surface area (Å²) in [6, 6.07) is 8.33. The second-order valence-electron chi connectivity index (χ2n) is 2.74. The fourth-order valence-electron chi connectivity index (χ4n) is 1.14. The van der Waals surface area contributed by atoms with Gasteiger partial charge in [-0.1, -0.05) is 17.7 Å². The van der Waals surface area contributed by atoms with Crippen LogP contribution in [0.3, 0.4) is 0 Å². The molecular weight excluding hydrogens is 200 g/mol. The Morgan fingerprint density at radius 1 is 1.21 bits per heavy atom. The molecule has 0 unspecified atom stereocenters. The molecule has 2 aromatic heterocycles. The maximum Gasteiger partial charge on any atom is 0.256 e. The van der Waals surface area contributed by atoms with Crippen molar-refractivity contribution in [1.29, 1.82) is 0 Å². The van der Waals surface area contributed by atoms with Crippen molar-refractivity contribution in [3.05, 3.63) is 58.1 Å². The number of nitrogens with zero attached hydrogens (tertiary/aromatic N) is 2. The second kappa shape index (κ2) is 3.64. The van der Waals surface area contributed by atoms with Gasteiger partial charge in [0.05, 0.1) is 5.02 Å². The van der Waals surface area contributed by atoms with Gasteiger partial charge in [0.1, 0.15) is 5.82 Å². The van der Waals surface area contributed by atoms with Gasteiger partial charge in [-0.05, 0) is 18.2 Å². The van der Waals surface area contributed by atoms with Crippen LogP contribution in [0.5, 0.6) is 0 Å². The van der Waals surface area contributed by atoms with Crippen molar-refractivity contribution in [2.75, 3.05) is 0 Å². The Labute approximate surface area is 85.6 Å². The summed E-state index contributed by atoms with van der Waals surface area (Å²) in [6.07, 6.45) is 3.18. The van der Waals surface area contributed by atoms with E-state index in [1.807, 2.05) is 6.07 Å². The summed E-state index contributed by atoms with van der Waals surface area (Å²) in [7, 11) is 0. The molecule has 2 heterocycles. The summed E-state index contributed by atoms with van der Waals surface area (Å²) < 4.78 is 1.41. The fraction of sp³-hybridized carbons (Fsp3) is 0. The molecule has 0 amide bonds. The maximum absolute atomic E-state index is 11.4. The molecule has 0 bridgehead atoms. The van der Waals surface area contributed by atoms with E-state index in [0.717, 1.165) is 0 Å². The van der Waals surface area contributed by atoms with Crippen molar-refractivity contribution in [2.24, 2.45) is 0 Å². The largest absolute Gasteiger partial charge is 0.269 e. The van der Waals surface area contributed by atoms with Crippen LogP contribution in [0.1, 0.15) is 0 Å². The highest BCUT2D eigenvalue weighted by Crippen LogP contribution is 2.06. The van der Waals surface area contributed by atoms with E-state index in [4.69, 9.17) is 11.6 Å². The lowest BCUT2D eigenvalue weighted by Crippen LogP contribution is -2.16. The molecule has 2 aromatic rings. The number of hydrogen-bond acceptors (Lipinski definition) is 2. The molecule has 0 radical (unpaired) electrons. The molecule has 0 aliphatic heterocycles. The third kappa shape index (κ3) is 1.67. The predicted octanol–water partition coefficient (Wildman–Crippen LogP) is 1.89. The number of halogens is 1. The summed E-state index contributed by atoms with van der Waals surface area (Å²) >= 11 is 5.78. The Hall–Kier alpha value is -1.61. The van der Waals surface area contributed by atoms with Crippen LogP contribution in [-0.2, 0) is 0 Å². The average molecular weight is 207 g/mol. The van der Waals surface area contributed by atoms with Gasteiger partial charge in [-0.25, -0.2) is 4.98 Å². The minimum absolute atomic E-state index is 0.145. The van der Waals surface area contributed by atoms with Crippen LogP contribution in [-0.4, -0.2) is 9.55 Å². The van der Waals surface area contributed by atoms with Crippen LogP contribution < -0.4 is 5.56 Å². The first-order valence-corrected chi connectivity index (χ1v) is 4.45. The van der Waals surface area contributed by atoms with Gasteiger partial charge < -0.3 is 0 Å². The predicted molar refractivity (Wildman–Crippen MR) is 54.8 cm³/mol. The zero-order chi connectivity index (χ0) is 9.97. The molecule has 2 rings (SSSR count). The molecule has 14 heavy (non-hydrogen) atoms. The standard InChI is InChI=1S/C10H7ClN2O/c11-8-4-5-10(14)13(7-8)9-3-1-2-6-12-9/h1-7H. The van der Waals surface area contributed by atoms with Crippen LogP contribution in [0.25, 0.3) is 5.82 Å². The first-order valence-electron chi connectivity index (χ1n) is 4.07. The first-order chi connectivity index (χ1) is 6.77. The van der Waals surface area contributed by atoms with E-state index in [0.29, 0.717) is 10.8 Å². The summed E-state index contributed by atoms with van der Waals surface area (Å²) in [4.78, 5) is 15.5. The van der Waals surface area contributed by atoms with Crippen LogP contribution in [0, 0.1) is 0 Å². The zero-order valence-electron chi connectivity index (χ0n) is 7.22. The van der Waals surface area contributed by atoms with Crippen molar-refractivity contribution in [2.45, 2.75) is 0 Å². The molecule has 0 aliphatic rings. The Bertz CT molecular complexity index is 493. The number of pyridine rings is 2. The van der Waals surface area contributed by atoms with Gasteiger partial charge >= 0.3 is 0 Å². The SMILES string of the molecule is O=c1ccc(Cl)cn1-c1ccccn1. The van der Waals surface area contributed by atoms with Gasteiger partial charge in [0, 0.05) is 18.5 Å². The lowest BCUT2D eigenvalue weighted by atomic mass is 10.4. The number of hydrogen-bond donors (Lipinski definition) is 0. The van der Waals surface area contributed by atoms with Gasteiger partial charge in [0.15, 0.2) is 0 Å². The number of rotatable bonds is 1. The highest BCUT2D eigenvalue weighted by Gasteiger charge is 1.99. The smallest absolute Gasteiger partial charge is 0.256 e. The van der Waals surface area contributed by atoms with E-state index in [2.05, 4.69) is 4.98 Å². The lowest BCUT2D eigenvalue weighted by molar-refractivity contribution is 0.941. The Morgan fingerprint density at radius 2 is 2.07 bits per heavy atom. The van der Waals surface area contributed by atoms with Gasteiger partial charge in [0.25, 0.3) is 5.56 Å². The van der Waals surface area contributed by atoms with Crippen molar-refractivity contribution >= 4 is 11.6 Å². The molecule has 0 aliphatic carbocycles. The molecule has 4 heteroatoms. The maximum atomic E-state index is 11.4. The average Bonchev–Trinajstić information content (AvgIpc) is 2.23. The van der Waals surface area contributed by atoms with Crippen LogP contribution in [0.15, 0.2) is 47.5 Å². The van der Waals surface area contributed by atoms with Gasteiger partial charge in [0.2, 0.25) is 0 Å². The quantitative estimate of drug-likeness (QED) is 0.714. The molecule has 0 saturated carbocycles. The molecule has 3 nitrogen and oxygen atoms in total. The monoisotopic (exact) mass is 206 g/mol. The fourth-order valence-corrected chi connectivity index (χ4v) is 1.30. The lowest BCUT2D eigenvalue weighted by Gasteiger charge is -2.03. The van der Waals surface area contributed by atoms with E-state index in [1.165, 1.54) is 10.6 Å². The third-order valence-corrected chi connectivity index (χ3v) is 1.99. The summed E-state index contributed by atoms with van der Waals surface area (Å²) in [5.41, 5.74) is -0.145.